The molecule has 1 unspecified atom stereocenters. The van der Waals surface area contributed by atoms with Gasteiger partial charge in [-0.3, -0.25) is 4.79 Å². The molecule has 0 radical (unpaired) electrons. The molecule has 110 valence electrons. The Labute approximate surface area is 116 Å². The molecule has 19 heavy (non-hydrogen) atoms. The molecular weight excluding hydrogens is 240 g/mol. The summed E-state index contributed by atoms with van der Waals surface area (Å²) in [6.45, 7) is 5.99. The largest absolute Gasteiger partial charge is 0.355 e. The van der Waals surface area contributed by atoms with Gasteiger partial charge in [-0.15, -0.1) is 0 Å². The van der Waals surface area contributed by atoms with Gasteiger partial charge < -0.3 is 20.4 Å². The highest BCUT2D eigenvalue weighted by molar-refractivity contribution is 5.82. The van der Waals surface area contributed by atoms with Crippen LogP contribution in [0.15, 0.2) is 0 Å². The van der Waals surface area contributed by atoms with Crippen LogP contribution in [0.4, 0.5) is 0 Å². The van der Waals surface area contributed by atoms with E-state index in [4.69, 9.17) is 0 Å². The van der Waals surface area contributed by atoms with E-state index in [1.807, 2.05) is 0 Å². The second kappa shape index (κ2) is 7.22. The number of hydrogen-bond acceptors (Lipinski definition) is 4. The molecule has 2 heterocycles. The zero-order valence-corrected chi connectivity index (χ0v) is 12.3. The smallest absolute Gasteiger partial charge is 0.238 e. The number of rotatable bonds is 4. The Morgan fingerprint density at radius 1 is 1.21 bits per heavy atom. The summed E-state index contributed by atoms with van der Waals surface area (Å²) in [6, 6.07) is -0.0313. The van der Waals surface area contributed by atoms with E-state index in [0.29, 0.717) is 0 Å². The summed E-state index contributed by atoms with van der Waals surface area (Å²) in [6.07, 6.45) is 3.68. The first-order valence-corrected chi connectivity index (χ1v) is 7.53. The molecule has 0 spiro atoms. The van der Waals surface area contributed by atoms with Gasteiger partial charge in [-0.2, -0.15) is 0 Å². The molecule has 0 saturated carbocycles. The van der Waals surface area contributed by atoms with Gasteiger partial charge in [0, 0.05) is 26.2 Å². The molecule has 0 bridgehead atoms. The Hall–Kier alpha value is -0.650. The minimum absolute atomic E-state index is 0.0313. The molecule has 0 aromatic carbocycles. The fraction of sp³-hybridized carbons (Fsp3) is 0.929. The lowest BCUT2D eigenvalue weighted by Crippen LogP contribution is -2.56. The molecule has 5 heteroatoms. The van der Waals surface area contributed by atoms with Crippen LogP contribution in [-0.4, -0.2) is 75.1 Å². The third-order valence-corrected chi connectivity index (χ3v) is 4.38. The van der Waals surface area contributed by atoms with Crippen LogP contribution in [0.1, 0.15) is 19.3 Å². The molecule has 2 aliphatic rings. The number of piperidine rings is 1. The molecule has 2 N–H and O–H groups in total. The number of amides is 1. The van der Waals surface area contributed by atoms with Gasteiger partial charge >= 0.3 is 0 Å². The molecule has 2 saturated heterocycles. The van der Waals surface area contributed by atoms with E-state index in [9.17, 15) is 4.79 Å². The van der Waals surface area contributed by atoms with Crippen molar-refractivity contribution in [2.45, 2.75) is 25.3 Å². The van der Waals surface area contributed by atoms with E-state index in [1.54, 1.807) is 0 Å². The zero-order chi connectivity index (χ0) is 13.7. The van der Waals surface area contributed by atoms with Gasteiger partial charge in [0.1, 0.15) is 0 Å². The van der Waals surface area contributed by atoms with Crippen molar-refractivity contribution < 1.29 is 4.79 Å². The Morgan fingerprint density at radius 2 is 1.95 bits per heavy atom. The van der Waals surface area contributed by atoms with Crippen LogP contribution in [0.3, 0.4) is 0 Å². The maximum absolute atomic E-state index is 12.0. The molecule has 0 aromatic heterocycles. The first kappa shape index (κ1) is 14.8. The van der Waals surface area contributed by atoms with Crippen LogP contribution in [-0.2, 0) is 4.79 Å². The Balaban J connectivity index is 1.61. The highest BCUT2D eigenvalue weighted by Gasteiger charge is 2.23. The number of nitrogens with one attached hydrogen (secondary N) is 2. The number of piperazine rings is 1. The lowest BCUT2D eigenvalue weighted by Gasteiger charge is -2.31. The first-order chi connectivity index (χ1) is 9.15. The van der Waals surface area contributed by atoms with Gasteiger partial charge in [-0.05, 0) is 52.4 Å². The Bertz CT molecular complexity index is 289. The van der Waals surface area contributed by atoms with Crippen molar-refractivity contribution in [3.8, 4) is 0 Å². The molecule has 2 fully saturated rings. The van der Waals surface area contributed by atoms with Crippen molar-refractivity contribution in [2.24, 2.45) is 5.92 Å². The fourth-order valence-electron chi connectivity index (χ4n) is 2.95. The maximum atomic E-state index is 12.0. The van der Waals surface area contributed by atoms with E-state index in [0.717, 1.165) is 38.5 Å². The average molecular weight is 268 g/mol. The predicted octanol–water partition coefficient (Wildman–Crippen LogP) is -0.262. The van der Waals surface area contributed by atoms with E-state index in [-0.39, 0.29) is 11.9 Å². The normalized spacial score (nSPS) is 27.4. The van der Waals surface area contributed by atoms with E-state index in [2.05, 4.69) is 34.5 Å². The van der Waals surface area contributed by atoms with Gasteiger partial charge in [0.05, 0.1) is 6.04 Å². The predicted molar refractivity (Wildman–Crippen MR) is 77.1 cm³/mol. The third kappa shape index (κ3) is 4.75. The molecule has 1 amide bonds. The van der Waals surface area contributed by atoms with E-state index in [1.165, 1.54) is 25.9 Å². The number of likely N-dealkylation sites (N-methyl/N-ethyl adjacent to an activating group) is 1. The van der Waals surface area contributed by atoms with E-state index >= 15 is 0 Å². The quantitative estimate of drug-likeness (QED) is 0.737. The van der Waals surface area contributed by atoms with Crippen LogP contribution in [0.25, 0.3) is 0 Å². The number of carbonyl (C=O) groups excluding carboxylic acids is 1. The SMILES string of the molecule is CN1CCC(CCNC(=O)C2CN(C)CCN2)CC1. The first-order valence-electron chi connectivity index (χ1n) is 7.53. The van der Waals surface area contributed by atoms with Crippen LogP contribution in [0.5, 0.6) is 0 Å². The zero-order valence-electron chi connectivity index (χ0n) is 12.3. The van der Waals surface area contributed by atoms with Crippen LogP contribution < -0.4 is 10.6 Å². The Kier molecular flexibility index (Phi) is 5.60. The van der Waals surface area contributed by atoms with E-state index < -0.39 is 0 Å². The van der Waals surface area contributed by atoms with Crippen molar-refractivity contribution in [3.05, 3.63) is 0 Å². The highest BCUT2D eigenvalue weighted by atomic mass is 16.2. The average Bonchev–Trinajstić information content (AvgIpc) is 2.41. The summed E-state index contributed by atoms with van der Waals surface area (Å²) in [7, 11) is 4.25. The van der Waals surface area contributed by atoms with Gasteiger partial charge in [0.15, 0.2) is 0 Å². The molecule has 0 aliphatic carbocycles. The van der Waals surface area contributed by atoms with Gasteiger partial charge in [0.2, 0.25) is 5.91 Å². The summed E-state index contributed by atoms with van der Waals surface area (Å²) in [4.78, 5) is 16.6. The topological polar surface area (TPSA) is 47.6 Å². The minimum atomic E-state index is -0.0313. The Morgan fingerprint density at radius 3 is 2.63 bits per heavy atom. The van der Waals surface area contributed by atoms with Crippen LogP contribution in [0.2, 0.25) is 0 Å². The van der Waals surface area contributed by atoms with Crippen LogP contribution in [0, 0.1) is 5.92 Å². The summed E-state index contributed by atoms with van der Waals surface area (Å²) in [5.74, 6) is 0.956. The monoisotopic (exact) mass is 268 g/mol. The number of likely N-dealkylation sites (tertiary alicyclic amines) is 1. The summed E-state index contributed by atoms with van der Waals surface area (Å²) < 4.78 is 0. The number of carbonyl (C=O) groups is 1. The second-order valence-electron chi connectivity index (χ2n) is 6.10. The van der Waals surface area contributed by atoms with Crippen molar-refractivity contribution in [3.63, 3.8) is 0 Å². The van der Waals surface area contributed by atoms with Crippen molar-refractivity contribution >= 4 is 5.91 Å². The highest BCUT2D eigenvalue weighted by Crippen LogP contribution is 2.18. The van der Waals surface area contributed by atoms with Crippen molar-refractivity contribution in [1.82, 2.24) is 20.4 Å². The molecule has 1 atom stereocenters. The molecular formula is C14H28N4O. The molecule has 0 aromatic rings. The van der Waals surface area contributed by atoms with Gasteiger partial charge in [-0.1, -0.05) is 0 Å². The number of hydrogen-bond donors (Lipinski definition) is 2. The standard InChI is InChI=1S/C14H28N4O/c1-17-8-4-12(5-9-17)3-6-16-14(19)13-11-18(2)10-7-15-13/h12-13,15H,3-11H2,1-2H3,(H,16,19). The molecule has 2 aliphatic heterocycles. The second-order valence-corrected chi connectivity index (χ2v) is 6.10. The minimum Gasteiger partial charge on any atom is -0.355 e. The van der Waals surface area contributed by atoms with Gasteiger partial charge in [0.25, 0.3) is 0 Å². The van der Waals surface area contributed by atoms with Crippen molar-refractivity contribution in [1.29, 1.82) is 0 Å². The third-order valence-electron chi connectivity index (χ3n) is 4.38. The number of nitrogens with zero attached hydrogens (tertiary/aromatic N) is 2. The fourth-order valence-corrected chi connectivity index (χ4v) is 2.95. The van der Waals surface area contributed by atoms with Crippen molar-refractivity contribution in [2.75, 3.05) is 53.4 Å². The summed E-state index contributed by atoms with van der Waals surface area (Å²) in [5, 5.41) is 6.37. The lowest BCUT2D eigenvalue weighted by molar-refractivity contribution is -0.124. The van der Waals surface area contributed by atoms with Gasteiger partial charge in [-0.25, -0.2) is 0 Å². The summed E-state index contributed by atoms with van der Waals surface area (Å²) in [5.41, 5.74) is 0. The van der Waals surface area contributed by atoms with Crippen LogP contribution >= 0.6 is 0 Å². The molecule has 2 rings (SSSR count). The summed E-state index contributed by atoms with van der Waals surface area (Å²) >= 11 is 0. The lowest BCUT2D eigenvalue weighted by atomic mass is 9.94. The maximum Gasteiger partial charge on any atom is 0.238 e. The molecule has 5 nitrogen and oxygen atoms in total.